The van der Waals surface area contributed by atoms with Crippen LogP contribution in [0.25, 0.3) is 44.1 Å². The smallest absolute Gasteiger partial charge is 0.307 e. The largest absolute Gasteiger partial charge is 0.481 e. The number of rotatable bonds is 13. The van der Waals surface area contributed by atoms with Gasteiger partial charge in [-0.1, -0.05) is 137 Å². The second kappa shape index (κ2) is 24.5. The van der Waals surface area contributed by atoms with Crippen LogP contribution in [0.4, 0.5) is 0 Å². The zero-order chi connectivity index (χ0) is 42.4. The molecule has 4 aromatic carbocycles. The molecule has 0 radical (unpaired) electrons. The summed E-state index contributed by atoms with van der Waals surface area (Å²) in [5.74, 6) is -1.80. The van der Waals surface area contributed by atoms with Gasteiger partial charge in [-0.05, 0) is 64.9 Å². The van der Waals surface area contributed by atoms with E-state index in [-0.39, 0.29) is 30.2 Å². The second-order valence-corrected chi connectivity index (χ2v) is 14.0. The number of amides is 3. The second-order valence-electron chi connectivity index (χ2n) is 14.0. The Labute approximate surface area is 346 Å². The quantitative estimate of drug-likeness (QED) is 0.0505. The summed E-state index contributed by atoms with van der Waals surface area (Å²) < 4.78 is 0. The number of aromatic nitrogens is 2. The molecule has 59 heavy (non-hydrogen) atoms. The van der Waals surface area contributed by atoms with E-state index in [2.05, 4.69) is 47.3 Å². The molecule has 6 aromatic rings. The van der Waals surface area contributed by atoms with Crippen LogP contribution in [-0.2, 0) is 32.0 Å². The Morgan fingerprint density at radius 1 is 0.644 bits per heavy atom. The molecule has 0 unspecified atom stereocenters. The van der Waals surface area contributed by atoms with Gasteiger partial charge in [0.25, 0.3) is 11.8 Å². The van der Waals surface area contributed by atoms with E-state index in [4.69, 9.17) is 16.0 Å². The first-order valence-corrected chi connectivity index (χ1v) is 20.3. The lowest BCUT2D eigenvalue weighted by Crippen LogP contribution is -2.26. The highest BCUT2D eigenvalue weighted by molar-refractivity contribution is 6.00. The number of para-hydroxylation sites is 2. The Morgan fingerprint density at radius 3 is 1.49 bits per heavy atom. The first-order chi connectivity index (χ1) is 28.7. The fourth-order valence-electron chi connectivity index (χ4n) is 6.49. The van der Waals surface area contributed by atoms with Gasteiger partial charge in [0, 0.05) is 42.6 Å². The predicted molar refractivity (Wildman–Crippen MR) is 233 cm³/mol. The summed E-state index contributed by atoms with van der Waals surface area (Å²) in [6.45, 7) is 5.94. The number of carbonyl (C=O) groups excluding carboxylic acids is 3. The first-order valence-electron chi connectivity index (χ1n) is 20.3. The molecule has 0 spiro atoms. The number of hydrogen-bond acceptors (Lipinski definition) is 8. The van der Waals surface area contributed by atoms with E-state index in [0.29, 0.717) is 6.42 Å². The van der Waals surface area contributed by atoms with Gasteiger partial charge in [-0.2, -0.15) is 5.06 Å². The van der Waals surface area contributed by atoms with Crippen molar-refractivity contribution in [2.24, 2.45) is 5.73 Å². The van der Waals surface area contributed by atoms with Crippen LogP contribution >= 0.6 is 0 Å². The zero-order valence-electron chi connectivity index (χ0n) is 34.0. The minimum Gasteiger partial charge on any atom is -0.481 e. The monoisotopic (exact) mass is 797 g/mol. The lowest BCUT2D eigenvalue weighted by Gasteiger charge is -2.13. The van der Waals surface area contributed by atoms with Crippen molar-refractivity contribution in [1.82, 2.24) is 20.3 Å². The fourth-order valence-corrected chi connectivity index (χ4v) is 6.49. The molecule has 3 amide bonds. The number of pyridine rings is 2. The van der Waals surface area contributed by atoms with E-state index in [1.54, 1.807) is 6.20 Å². The van der Waals surface area contributed by atoms with E-state index < -0.39 is 17.8 Å². The Hall–Kier alpha value is -6.30. The summed E-state index contributed by atoms with van der Waals surface area (Å²) >= 11 is 0. The van der Waals surface area contributed by atoms with E-state index in [0.717, 1.165) is 87.5 Å². The van der Waals surface area contributed by atoms with Gasteiger partial charge in [-0.25, -0.2) is 0 Å². The van der Waals surface area contributed by atoms with Crippen LogP contribution in [0.15, 0.2) is 122 Å². The van der Waals surface area contributed by atoms with Crippen LogP contribution in [0.3, 0.4) is 0 Å². The van der Waals surface area contributed by atoms with Crippen molar-refractivity contribution in [1.29, 1.82) is 0 Å². The van der Waals surface area contributed by atoms with Gasteiger partial charge in [0.1, 0.15) is 0 Å². The molecule has 0 aliphatic carbocycles. The van der Waals surface area contributed by atoms with Gasteiger partial charge in [0.2, 0.25) is 5.91 Å². The van der Waals surface area contributed by atoms with Gasteiger partial charge >= 0.3 is 5.97 Å². The molecule has 3 heterocycles. The standard InChI is InChI=1S/C22H24N2O.C17H13NO2.C5H13N.C4H5NO3/c1-2-3-9-14-23-21(25)15-18-16-24-20-13-8-7-12-19(20)22(18)17-10-5-4-6-11-17;19-16(20)10-13-11-18-15-9-5-4-8-14(15)17(13)12-6-2-1-3-7-12;1-2-3-4-5-6;6-3-1-2-4(7)5(3)8/h4-8,10-13,16H,2-3,9,14-15H2,1H3,(H,23,25);1-9,11H,10H2,(H,19,20);2-6H2,1H3;8H,1-2H2. The number of nitrogens with one attached hydrogen (secondary N) is 1. The highest BCUT2D eigenvalue weighted by Gasteiger charge is 2.26. The van der Waals surface area contributed by atoms with Crippen LogP contribution in [0.5, 0.6) is 0 Å². The van der Waals surface area contributed by atoms with Crippen LogP contribution in [-0.4, -0.2) is 62.1 Å². The van der Waals surface area contributed by atoms with Crippen LogP contribution in [0.2, 0.25) is 0 Å². The van der Waals surface area contributed by atoms with Gasteiger partial charge in [-0.15, -0.1) is 0 Å². The molecule has 0 bridgehead atoms. The van der Waals surface area contributed by atoms with Gasteiger partial charge in [-0.3, -0.25) is 34.4 Å². The summed E-state index contributed by atoms with van der Waals surface area (Å²) in [6.07, 6.45) is 11.2. The number of imide groups is 1. The Morgan fingerprint density at radius 2 is 1.08 bits per heavy atom. The van der Waals surface area contributed by atoms with Crippen molar-refractivity contribution in [2.45, 2.75) is 78.1 Å². The predicted octanol–water partition coefficient (Wildman–Crippen LogP) is 8.94. The molecule has 1 fully saturated rings. The van der Waals surface area contributed by atoms with Gasteiger partial charge in [0.15, 0.2) is 0 Å². The molecule has 2 aromatic heterocycles. The number of nitrogens with two attached hydrogens (primary N) is 1. The number of nitrogens with zero attached hydrogens (tertiary/aromatic N) is 3. The summed E-state index contributed by atoms with van der Waals surface area (Å²) in [7, 11) is 0. The number of carbonyl (C=O) groups is 4. The topological polar surface area (TPSA) is 176 Å². The number of hydroxylamine groups is 2. The number of unbranched alkanes of at least 4 members (excludes halogenated alkanes) is 4. The van der Waals surface area contributed by atoms with Crippen molar-refractivity contribution in [3.05, 3.63) is 133 Å². The molecule has 11 nitrogen and oxygen atoms in total. The molecule has 0 atom stereocenters. The lowest BCUT2D eigenvalue weighted by molar-refractivity contribution is -0.171. The molecule has 1 aliphatic rings. The molecule has 0 saturated carbocycles. The Balaban J connectivity index is 0.000000200. The van der Waals surface area contributed by atoms with E-state index in [9.17, 15) is 19.2 Å². The van der Waals surface area contributed by atoms with E-state index in [1.807, 2.05) is 97.2 Å². The summed E-state index contributed by atoms with van der Waals surface area (Å²) in [4.78, 5) is 52.8. The lowest BCUT2D eigenvalue weighted by atomic mass is 9.95. The van der Waals surface area contributed by atoms with Crippen molar-refractivity contribution in [3.8, 4) is 22.3 Å². The van der Waals surface area contributed by atoms with Crippen molar-refractivity contribution >= 4 is 45.5 Å². The van der Waals surface area contributed by atoms with Gasteiger partial charge < -0.3 is 16.2 Å². The third-order valence-electron chi connectivity index (χ3n) is 9.46. The molecule has 1 aliphatic heterocycles. The van der Waals surface area contributed by atoms with Crippen LogP contribution in [0.1, 0.15) is 76.3 Å². The summed E-state index contributed by atoms with van der Waals surface area (Å²) in [5, 5.41) is 22.7. The first kappa shape index (κ1) is 45.4. The molecule has 308 valence electrons. The van der Waals surface area contributed by atoms with Crippen molar-refractivity contribution < 1.29 is 29.5 Å². The highest BCUT2D eigenvalue weighted by atomic mass is 16.5. The fraction of sp³-hybridized carbons (Fsp3) is 0.292. The summed E-state index contributed by atoms with van der Waals surface area (Å²) in [6, 6.07) is 36.0. The number of benzene rings is 4. The Bertz CT molecular complexity index is 2250. The minimum absolute atomic E-state index is 0.0257. The molecule has 11 heteroatoms. The number of aliphatic carboxylic acids is 1. The van der Waals surface area contributed by atoms with Crippen molar-refractivity contribution in [3.63, 3.8) is 0 Å². The van der Waals surface area contributed by atoms with Crippen molar-refractivity contribution in [2.75, 3.05) is 13.1 Å². The SMILES string of the molecule is CCCCCN.CCCCCNC(=O)Cc1cnc2ccccc2c1-c1ccccc1.O=C(O)Cc1cnc2ccccc2c1-c1ccccc1.O=C1CCC(=O)N1O. The number of carboxylic acids is 1. The van der Waals surface area contributed by atoms with Crippen LogP contribution in [0, 0.1) is 0 Å². The van der Waals surface area contributed by atoms with Crippen LogP contribution < -0.4 is 11.1 Å². The zero-order valence-corrected chi connectivity index (χ0v) is 34.0. The van der Waals surface area contributed by atoms with Gasteiger partial charge in [0.05, 0.1) is 23.9 Å². The molecule has 7 rings (SSSR count). The van der Waals surface area contributed by atoms with E-state index >= 15 is 0 Å². The molecule has 1 saturated heterocycles. The number of carboxylic acid groups (broad SMARTS) is 1. The average Bonchev–Trinajstić information content (AvgIpc) is 3.55. The third kappa shape index (κ3) is 13.9. The summed E-state index contributed by atoms with van der Waals surface area (Å²) in [5.41, 5.74) is 13.0. The minimum atomic E-state index is -0.848. The molecule has 5 N–H and O–H groups in total. The van der Waals surface area contributed by atoms with E-state index in [1.165, 1.54) is 19.3 Å². The molecular formula is C48H55N5O6. The highest BCUT2D eigenvalue weighted by Crippen LogP contribution is 2.32. The Kier molecular flexibility index (Phi) is 18.8. The maximum Gasteiger partial charge on any atom is 0.307 e. The maximum absolute atomic E-state index is 12.4. The number of hydrogen-bond donors (Lipinski definition) is 4. The number of fused-ring (bicyclic) bond motifs is 2. The third-order valence-corrected chi connectivity index (χ3v) is 9.46. The maximum atomic E-state index is 12.4. The normalized spacial score (nSPS) is 11.8. The molecular weight excluding hydrogens is 743 g/mol. The average molecular weight is 798 g/mol.